The molecule has 110 valence electrons. The fraction of sp³-hybridized carbons (Fsp3) is 0.588. The third-order valence-electron chi connectivity index (χ3n) is 3.87. The Morgan fingerprint density at radius 1 is 1.20 bits per heavy atom. The monoisotopic (exact) mass is 274 g/mol. The first-order valence-electron chi connectivity index (χ1n) is 7.62. The summed E-state index contributed by atoms with van der Waals surface area (Å²) in [4.78, 5) is 12.4. The summed E-state index contributed by atoms with van der Waals surface area (Å²) in [7, 11) is 0. The molecular weight excluding hydrogens is 248 g/mol. The molecule has 1 unspecified atom stereocenters. The van der Waals surface area contributed by atoms with E-state index in [9.17, 15) is 4.79 Å². The van der Waals surface area contributed by atoms with Crippen molar-refractivity contribution in [1.29, 1.82) is 0 Å². The highest BCUT2D eigenvalue weighted by Crippen LogP contribution is 2.29. The zero-order valence-corrected chi connectivity index (χ0v) is 12.8. The number of carbonyl (C=O) groups excluding carboxylic acids is 1. The van der Waals surface area contributed by atoms with Crippen LogP contribution in [0.15, 0.2) is 24.3 Å². The smallest absolute Gasteiger partial charge is 0.241 e. The van der Waals surface area contributed by atoms with Gasteiger partial charge in [-0.2, -0.15) is 0 Å². The lowest BCUT2D eigenvalue weighted by Crippen LogP contribution is -2.40. The van der Waals surface area contributed by atoms with E-state index in [1.54, 1.807) is 0 Å². The first-order valence-corrected chi connectivity index (χ1v) is 7.62. The number of carbonyl (C=O) groups is 1. The van der Waals surface area contributed by atoms with Crippen molar-refractivity contribution in [3.8, 4) is 0 Å². The lowest BCUT2D eigenvalue weighted by molar-refractivity contribution is -0.118. The van der Waals surface area contributed by atoms with Gasteiger partial charge in [0.1, 0.15) is 0 Å². The summed E-state index contributed by atoms with van der Waals surface area (Å²) in [6.07, 6.45) is 4.45. The molecule has 0 radical (unpaired) electrons. The van der Waals surface area contributed by atoms with Gasteiger partial charge in [-0.05, 0) is 36.4 Å². The average molecular weight is 274 g/mol. The molecule has 3 nitrogen and oxygen atoms in total. The second kappa shape index (κ2) is 6.40. The number of hydrogen-bond acceptors (Lipinski definition) is 2. The van der Waals surface area contributed by atoms with E-state index in [2.05, 4.69) is 37.5 Å². The van der Waals surface area contributed by atoms with E-state index in [1.165, 1.54) is 18.4 Å². The van der Waals surface area contributed by atoms with Crippen LogP contribution in [0.25, 0.3) is 0 Å². The molecule has 1 saturated heterocycles. The van der Waals surface area contributed by atoms with E-state index in [0.29, 0.717) is 0 Å². The van der Waals surface area contributed by atoms with Crippen LogP contribution in [0.1, 0.15) is 52.0 Å². The van der Waals surface area contributed by atoms with Crippen LogP contribution < -0.4 is 10.6 Å². The summed E-state index contributed by atoms with van der Waals surface area (Å²) < 4.78 is 0. The van der Waals surface area contributed by atoms with Crippen LogP contribution in [0.4, 0.5) is 5.69 Å². The van der Waals surface area contributed by atoms with Crippen molar-refractivity contribution in [3.05, 3.63) is 29.8 Å². The highest BCUT2D eigenvalue weighted by atomic mass is 16.2. The molecule has 0 aromatic heterocycles. The van der Waals surface area contributed by atoms with Gasteiger partial charge in [0.05, 0.1) is 6.04 Å². The second-order valence-electron chi connectivity index (χ2n) is 6.64. The van der Waals surface area contributed by atoms with Gasteiger partial charge in [0, 0.05) is 5.69 Å². The maximum absolute atomic E-state index is 12.4. The Balaban J connectivity index is 2.11. The van der Waals surface area contributed by atoms with Crippen molar-refractivity contribution in [3.63, 3.8) is 0 Å². The zero-order valence-electron chi connectivity index (χ0n) is 12.8. The van der Waals surface area contributed by atoms with Crippen molar-refractivity contribution in [2.45, 2.75) is 57.9 Å². The van der Waals surface area contributed by atoms with Crippen molar-refractivity contribution in [2.75, 3.05) is 11.9 Å². The van der Waals surface area contributed by atoms with Gasteiger partial charge in [-0.1, -0.05) is 51.8 Å². The number of para-hydroxylation sites is 1. The van der Waals surface area contributed by atoms with Crippen LogP contribution in [0.3, 0.4) is 0 Å². The van der Waals surface area contributed by atoms with E-state index in [4.69, 9.17) is 0 Å². The van der Waals surface area contributed by atoms with E-state index in [0.717, 1.165) is 25.1 Å². The fourth-order valence-electron chi connectivity index (χ4n) is 2.72. The van der Waals surface area contributed by atoms with Gasteiger partial charge in [0.15, 0.2) is 0 Å². The van der Waals surface area contributed by atoms with Gasteiger partial charge in [-0.15, -0.1) is 0 Å². The number of rotatable bonds is 2. The molecular formula is C17H26N2O. The van der Waals surface area contributed by atoms with Crippen LogP contribution in [0.2, 0.25) is 0 Å². The third-order valence-corrected chi connectivity index (χ3v) is 3.87. The van der Waals surface area contributed by atoms with Gasteiger partial charge in [-0.25, -0.2) is 0 Å². The fourth-order valence-corrected chi connectivity index (χ4v) is 2.72. The lowest BCUT2D eigenvalue weighted by atomic mass is 9.86. The van der Waals surface area contributed by atoms with Crippen LogP contribution >= 0.6 is 0 Å². The first-order chi connectivity index (χ1) is 9.48. The van der Waals surface area contributed by atoms with E-state index in [1.807, 2.05) is 18.2 Å². The maximum Gasteiger partial charge on any atom is 0.241 e. The van der Waals surface area contributed by atoms with Crippen molar-refractivity contribution < 1.29 is 4.79 Å². The highest BCUT2D eigenvalue weighted by molar-refractivity contribution is 5.95. The van der Waals surface area contributed by atoms with Gasteiger partial charge in [-0.3, -0.25) is 4.79 Å². The van der Waals surface area contributed by atoms with E-state index >= 15 is 0 Å². The quantitative estimate of drug-likeness (QED) is 0.867. The molecule has 0 saturated carbocycles. The molecule has 1 aliphatic heterocycles. The molecule has 1 aliphatic rings. The van der Waals surface area contributed by atoms with Crippen molar-refractivity contribution in [1.82, 2.24) is 5.32 Å². The zero-order chi connectivity index (χ0) is 14.6. The second-order valence-corrected chi connectivity index (χ2v) is 6.64. The predicted molar refractivity (Wildman–Crippen MR) is 84.0 cm³/mol. The Bertz CT molecular complexity index is 454. The molecule has 1 fully saturated rings. The normalized spacial score (nSPS) is 20.2. The summed E-state index contributed by atoms with van der Waals surface area (Å²) in [5.74, 6) is 0.101. The average Bonchev–Trinajstić information content (AvgIpc) is 2.67. The Hall–Kier alpha value is -1.35. The summed E-state index contributed by atoms with van der Waals surface area (Å²) >= 11 is 0. The number of benzene rings is 1. The van der Waals surface area contributed by atoms with Crippen LogP contribution in [-0.4, -0.2) is 18.5 Å². The van der Waals surface area contributed by atoms with Gasteiger partial charge in [0.2, 0.25) is 5.91 Å². The minimum absolute atomic E-state index is 0.0285. The summed E-state index contributed by atoms with van der Waals surface area (Å²) in [5, 5.41) is 6.46. The minimum Gasteiger partial charge on any atom is -0.324 e. The van der Waals surface area contributed by atoms with Crippen molar-refractivity contribution in [2.24, 2.45) is 0 Å². The number of hydrogen-bond donors (Lipinski definition) is 2. The molecule has 0 bridgehead atoms. The summed E-state index contributed by atoms with van der Waals surface area (Å²) in [6.45, 7) is 7.45. The molecule has 1 amide bonds. The number of nitrogens with one attached hydrogen (secondary N) is 2. The molecule has 1 aromatic rings. The van der Waals surface area contributed by atoms with E-state index in [-0.39, 0.29) is 17.4 Å². The highest BCUT2D eigenvalue weighted by Gasteiger charge is 2.22. The van der Waals surface area contributed by atoms with Crippen molar-refractivity contribution >= 4 is 11.6 Å². The minimum atomic E-state index is -0.0504. The molecule has 2 N–H and O–H groups in total. The van der Waals surface area contributed by atoms with Gasteiger partial charge < -0.3 is 10.6 Å². The Morgan fingerprint density at radius 3 is 2.70 bits per heavy atom. The van der Waals surface area contributed by atoms with Gasteiger partial charge >= 0.3 is 0 Å². The summed E-state index contributed by atoms with van der Waals surface area (Å²) in [5.41, 5.74) is 2.15. The van der Waals surface area contributed by atoms with E-state index < -0.39 is 0 Å². The Morgan fingerprint density at radius 2 is 1.95 bits per heavy atom. The van der Waals surface area contributed by atoms with Crippen LogP contribution in [0.5, 0.6) is 0 Å². The Kier molecular flexibility index (Phi) is 4.81. The van der Waals surface area contributed by atoms with Gasteiger partial charge in [0.25, 0.3) is 0 Å². The largest absolute Gasteiger partial charge is 0.324 e. The lowest BCUT2D eigenvalue weighted by Gasteiger charge is -2.24. The predicted octanol–water partition coefficient (Wildman–Crippen LogP) is 3.45. The number of amides is 1. The first kappa shape index (κ1) is 15.0. The molecule has 20 heavy (non-hydrogen) atoms. The molecule has 2 rings (SSSR count). The molecule has 1 aromatic carbocycles. The molecule has 1 heterocycles. The molecule has 1 atom stereocenters. The molecule has 0 aliphatic carbocycles. The summed E-state index contributed by atoms with van der Waals surface area (Å²) in [6, 6.07) is 8.04. The number of anilines is 1. The third kappa shape index (κ3) is 3.83. The Labute approximate surface area is 122 Å². The van der Waals surface area contributed by atoms with Crippen LogP contribution in [0, 0.1) is 0 Å². The molecule has 0 spiro atoms. The topological polar surface area (TPSA) is 41.1 Å². The SMILES string of the molecule is CC(C)(C)c1ccccc1NC(=O)C1CCCCCN1. The maximum atomic E-state index is 12.4. The molecule has 3 heteroatoms. The van der Waals surface area contributed by atoms with Crippen LogP contribution in [-0.2, 0) is 10.2 Å². The standard InChI is InChI=1S/C17H26N2O/c1-17(2,3)13-9-6-7-10-14(13)19-16(20)15-11-5-4-8-12-18-15/h6-7,9-10,15,18H,4-5,8,11-12H2,1-3H3,(H,19,20).